The van der Waals surface area contributed by atoms with Crippen molar-refractivity contribution in [2.75, 3.05) is 50.7 Å². The van der Waals surface area contributed by atoms with Gasteiger partial charge in [0.2, 0.25) is 11.0 Å². The summed E-state index contributed by atoms with van der Waals surface area (Å²) >= 11 is 0. The highest BCUT2D eigenvalue weighted by Crippen LogP contribution is 2.29. The molecule has 0 radical (unpaired) electrons. The number of hydrogen-bond acceptors (Lipinski definition) is 7. The van der Waals surface area contributed by atoms with E-state index in [9.17, 15) is 17.6 Å². The maximum Gasteiger partial charge on any atom is 0.276 e. The van der Waals surface area contributed by atoms with Crippen LogP contribution in [0.4, 0.5) is 10.1 Å². The zero-order valence-corrected chi connectivity index (χ0v) is 19.8. The third-order valence-electron chi connectivity index (χ3n) is 6.89. The molecular weight excluding hydrogens is 461 g/mol. The van der Waals surface area contributed by atoms with Crippen LogP contribution < -0.4 is 15.8 Å². The summed E-state index contributed by atoms with van der Waals surface area (Å²) in [6.45, 7) is 3.36. The highest BCUT2D eigenvalue weighted by atomic mass is 32.2. The van der Waals surface area contributed by atoms with Crippen LogP contribution in [-0.2, 0) is 14.8 Å². The number of furan rings is 1. The number of hydrogen-bond donors (Lipinski definition) is 2. The van der Waals surface area contributed by atoms with Crippen LogP contribution in [0, 0.1) is 11.7 Å². The van der Waals surface area contributed by atoms with Gasteiger partial charge in [-0.2, -0.15) is 4.31 Å². The van der Waals surface area contributed by atoms with Crippen LogP contribution in [0.3, 0.4) is 0 Å². The summed E-state index contributed by atoms with van der Waals surface area (Å²) in [5, 5.41) is -0.0807. The summed E-state index contributed by atoms with van der Waals surface area (Å²) < 4.78 is 47.6. The Morgan fingerprint density at radius 2 is 1.82 bits per heavy atom. The SMILES string of the molecule is O=C(C1CCCN(S(=O)(=O)c2ccc(C3CCNN3)o2)C1)N1CCN(c2ccccc2F)CC1. The second kappa shape index (κ2) is 9.65. The van der Waals surface area contributed by atoms with Crippen LogP contribution in [0.5, 0.6) is 0 Å². The molecule has 1 aromatic carbocycles. The number of carbonyl (C=O) groups excluding carboxylic acids is 1. The minimum atomic E-state index is -3.82. The average Bonchev–Trinajstić information content (AvgIpc) is 3.57. The van der Waals surface area contributed by atoms with Crippen molar-refractivity contribution in [3.63, 3.8) is 0 Å². The van der Waals surface area contributed by atoms with E-state index in [1.54, 1.807) is 29.2 Å². The number of nitrogens with one attached hydrogen (secondary N) is 2. The van der Waals surface area contributed by atoms with Crippen molar-refractivity contribution in [2.24, 2.45) is 5.92 Å². The number of rotatable bonds is 5. The fraction of sp³-hybridized carbons (Fsp3) is 0.522. The highest BCUT2D eigenvalue weighted by molar-refractivity contribution is 7.89. The van der Waals surface area contributed by atoms with Gasteiger partial charge in [-0.05, 0) is 43.5 Å². The van der Waals surface area contributed by atoms with Gasteiger partial charge in [-0.15, -0.1) is 0 Å². The number of carbonyl (C=O) groups is 1. The van der Waals surface area contributed by atoms with Crippen molar-refractivity contribution in [3.8, 4) is 0 Å². The molecular formula is C23H30FN5O4S. The second-order valence-electron chi connectivity index (χ2n) is 9.04. The average molecular weight is 492 g/mol. The number of anilines is 1. The molecule has 3 aliphatic heterocycles. The minimum absolute atomic E-state index is 0.0329. The van der Waals surface area contributed by atoms with Gasteiger partial charge < -0.3 is 14.2 Å². The Morgan fingerprint density at radius 1 is 1.03 bits per heavy atom. The Hall–Kier alpha value is -2.47. The Morgan fingerprint density at radius 3 is 2.56 bits per heavy atom. The highest BCUT2D eigenvalue weighted by Gasteiger charge is 2.37. The molecule has 3 saturated heterocycles. The van der Waals surface area contributed by atoms with Gasteiger partial charge in [0.1, 0.15) is 11.6 Å². The first-order chi connectivity index (χ1) is 16.4. The molecule has 184 valence electrons. The first-order valence-corrected chi connectivity index (χ1v) is 13.2. The molecule has 2 atom stereocenters. The monoisotopic (exact) mass is 491 g/mol. The van der Waals surface area contributed by atoms with Gasteiger partial charge in [0.15, 0.2) is 0 Å². The number of hydrazine groups is 1. The van der Waals surface area contributed by atoms with Crippen LogP contribution in [0.2, 0.25) is 0 Å². The van der Waals surface area contributed by atoms with Crippen molar-refractivity contribution < 1.29 is 22.0 Å². The molecule has 34 heavy (non-hydrogen) atoms. The molecule has 0 saturated carbocycles. The van der Waals surface area contributed by atoms with Crippen LogP contribution >= 0.6 is 0 Å². The lowest BCUT2D eigenvalue weighted by molar-refractivity contribution is -0.137. The van der Waals surface area contributed by atoms with Gasteiger partial charge in [-0.3, -0.25) is 10.2 Å². The van der Waals surface area contributed by atoms with E-state index < -0.39 is 15.9 Å². The summed E-state index contributed by atoms with van der Waals surface area (Å²) in [6.07, 6.45) is 2.09. The van der Waals surface area contributed by atoms with Crippen LogP contribution in [0.25, 0.3) is 0 Å². The third kappa shape index (κ3) is 4.57. The maximum absolute atomic E-state index is 14.1. The number of benzene rings is 1. The number of piperidine rings is 1. The zero-order valence-electron chi connectivity index (χ0n) is 19.0. The topological polar surface area (TPSA) is 98.1 Å². The predicted octanol–water partition coefficient (Wildman–Crippen LogP) is 1.71. The van der Waals surface area contributed by atoms with Crippen LogP contribution in [-0.4, -0.2) is 69.3 Å². The molecule has 2 unspecified atom stereocenters. The maximum atomic E-state index is 14.1. The van der Waals surface area contributed by atoms with E-state index in [1.165, 1.54) is 16.4 Å². The van der Waals surface area contributed by atoms with Crippen LogP contribution in [0.15, 0.2) is 45.9 Å². The molecule has 0 aliphatic carbocycles. The van der Waals surface area contributed by atoms with E-state index in [2.05, 4.69) is 10.9 Å². The van der Waals surface area contributed by atoms with E-state index in [4.69, 9.17) is 4.42 Å². The van der Waals surface area contributed by atoms with Gasteiger partial charge in [-0.1, -0.05) is 12.1 Å². The fourth-order valence-electron chi connectivity index (χ4n) is 4.98. The summed E-state index contributed by atoms with van der Waals surface area (Å²) in [5.41, 5.74) is 6.63. The number of nitrogens with zero attached hydrogens (tertiary/aromatic N) is 3. The molecule has 3 aliphatic rings. The third-order valence-corrected chi connectivity index (χ3v) is 8.63. The molecule has 4 heterocycles. The van der Waals surface area contributed by atoms with Crippen LogP contribution in [0.1, 0.15) is 31.1 Å². The van der Waals surface area contributed by atoms with E-state index >= 15 is 0 Å². The van der Waals surface area contributed by atoms with E-state index in [1.807, 2.05) is 4.90 Å². The first-order valence-electron chi connectivity index (χ1n) is 11.8. The summed E-state index contributed by atoms with van der Waals surface area (Å²) in [7, 11) is -3.82. The molecule has 1 amide bonds. The first kappa shape index (κ1) is 23.3. The normalized spacial score (nSPS) is 24.5. The molecule has 9 nitrogen and oxygen atoms in total. The van der Waals surface area contributed by atoms with E-state index in [-0.39, 0.29) is 29.4 Å². The Balaban J connectivity index is 1.21. The quantitative estimate of drug-likeness (QED) is 0.657. The number of sulfonamides is 1. The zero-order chi connectivity index (χ0) is 23.7. The molecule has 11 heteroatoms. The molecule has 0 spiro atoms. The Bertz CT molecular complexity index is 1130. The molecule has 2 aromatic rings. The van der Waals surface area contributed by atoms with Gasteiger partial charge in [-0.25, -0.2) is 18.2 Å². The van der Waals surface area contributed by atoms with Crippen molar-refractivity contribution in [1.29, 1.82) is 0 Å². The van der Waals surface area contributed by atoms with Crippen molar-refractivity contribution >= 4 is 21.6 Å². The molecule has 0 bridgehead atoms. The number of piperazine rings is 1. The summed E-state index contributed by atoms with van der Waals surface area (Å²) in [5.74, 6) is -0.106. The number of para-hydroxylation sites is 1. The standard InChI is InChI=1S/C23H30FN5O4S/c24-18-5-1-2-6-20(18)27-12-14-28(15-13-27)23(30)17-4-3-11-29(16-17)34(31,32)22-8-7-21(33-22)19-9-10-25-26-19/h1-2,5-8,17,19,25-26H,3-4,9-16H2. The van der Waals surface area contributed by atoms with Crippen molar-refractivity contribution in [3.05, 3.63) is 48.0 Å². The molecule has 3 fully saturated rings. The van der Waals surface area contributed by atoms with Gasteiger partial charge >= 0.3 is 0 Å². The Labute approximate surface area is 198 Å². The minimum Gasteiger partial charge on any atom is -0.447 e. The lowest BCUT2D eigenvalue weighted by Crippen LogP contribution is -2.53. The number of amides is 1. The fourth-order valence-corrected chi connectivity index (χ4v) is 6.42. The lowest BCUT2D eigenvalue weighted by atomic mass is 9.97. The van der Waals surface area contributed by atoms with E-state index in [0.29, 0.717) is 57.0 Å². The van der Waals surface area contributed by atoms with Gasteiger partial charge in [0.05, 0.1) is 17.6 Å². The molecule has 1 aromatic heterocycles. The largest absolute Gasteiger partial charge is 0.447 e. The Kier molecular flexibility index (Phi) is 6.61. The van der Waals surface area contributed by atoms with Gasteiger partial charge in [0, 0.05) is 45.8 Å². The second-order valence-corrected chi connectivity index (χ2v) is 10.9. The number of halogens is 1. The molecule has 2 N–H and O–H groups in total. The lowest BCUT2D eigenvalue weighted by Gasteiger charge is -2.39. The van der Waals surface area contributed by atoms with Gasteiger partial charge in [0.25, 0.3) is 10.0 Å². The summed E-state index contributed by atoms with van der Waals surface area (Å²) in [6, 6.07) is 9.78. The smallest absolute Gasteiger partial charge is 0.276 e. The van der Waals surface area contributed by atoms with E-state index in [0.717, 1.165) is 13.0 Å². The predicted molar refractivity (Wildman–Crippen MR) is 124 cm³/mol. The van der Waals surface area contributed by atoms with Crippen molar-refractivity contribution in [2.45, 2.75) is 30.4 Å². The molecule has 5 rings (SSSR count). The van der Waals surface area contributed by atoms with Crippen molar-refractivity contribution in [1.82, 2.24) is 20.1 Å². The summed E-state index contributed by atoms with van der Waals surface area (Å²) in [4.78, 5) is 16.9.